The molecule has 0 saturated carbocycles. The molecule has 0 aromatic carbocycles. The molecule has 8 nitrogen and oxygen atoms in total. The quantitative estimate of drug-likeness (QED) is 0.317. The zero-order valence-electron chi connectivity index (χ0n) is 6.75. The maximum absolute atomic E-state index is 10.3. The molecule has 0 rings (SSSR count). The fourth-order valence-corrected chi connectivity index (χ4v) is 0.690. The molecule has 0 fully saturated rings. The molecule has 8 heteroatoms. The molecule has 80 valence electrons. The van der Waals surface area contributed by atoms with Crippen molar-refractivity contribution in [2.45, 2.75) is 18.1 Å². The third-order valence-electron chi connectivity index (χ3n) is 1.50. The molecule has 0 spiro atoms. The van der Waals surface area contributed by atoms with Gasteiger partial charge in [-0.15, -0.1) is 0 Å². The molecule has 0 heterocycles. The van der Waals surface area contributed by atoms with Crippen molar-refractivity contribution in [3.8, 4) is 0 Å². The van der Waals surface area contributed by atoms with Crippen molar-refractivity contribution >= 4 is 17.9 Å². The normalized spacial score (nSPS) is 13.3. The molecule has 5 N–H and O–H groups in total. The first-order valence-corrected chi connectivity index (χ1v) is 3.32. The second kappa shape index (κ2) is 4.03. The van der Waals surface area contributed by atoms with Crippen LogP contribution >= 0.6 is 0 Å². The van der Waals surface area contributed by atoms with Gasteiger partial charge in [0.2, 0.25) is 0 Å². The number of rotatable bonds is 5. The van der Waals surface area contributed by atoms with Crippen molar-refractivity contribution in [2.75, 3.05) is 0 Å². The molecule has 14 heavy (non-hydrogen) atoms. The van der Waals surface area contributed by atoms with E-state index in [4.69, 9.17) is 25.5 Å². The summed E-state index contributed by atoms with van der Waals surface area (Å²) in [4.78, 5) is 30.6. The minimum atomic E-state index is -3.50. The van der Waals surface area contributed by atoms with Crippen LogP contribution in [0.5, 0.6) is 0 Å². The van der Waals surface area contributed by atoms with Crippen molar-refractivity contribution in [3.63, 3.8) is 0 Å². The largest absolute Gasteiger partial charge is 0.481 e. The molecule has 0 aliphatic carbocycles. The lowest BCUT2D eigenvalue weighted by atomic mass is 9.94. The molecule has 0 aromatic rings. The van der Waals surface area contributed by atoms with Crippen LogP contribution in [0.1, 0.15) is 6.42 Å². The van der Waals surface area contributed by atoms with Gasteiger partial charge >= 0.3 is 17.9 Å². The van der Waals surface area contributed by atoms with Crippen LogP contribution < -0.4 is 0 Å². The van der Waals surface area contributed by atoms with Crippen LogP contribution in [0.25, 0.3) is 0 Å². The molecule has 0 radical (unpaired) electrons. The molecule has 1 atom stereocenters. The average Bonchev–Trinajstić information content (AvgIpc) is 2.00. The highest BCUT2D eigenvalue weighted by atomic mass is 16.5. The van der Waals surface area contributed by atoms with Gasteiger partial charge in [-0.05, 0) is 0 Å². The van der Waals surface area contributed by atoms with Gasteiger partial charge in [-0.2, -0.15) is 0 Å². The highest BCUT2D eigenvalue weighted by Crippen LogP contribution is 2.14. The Balaban J connectivity index is 4.92. The van der Waals surface area contributed by atoms with Crippen molar-refractivity contribution in [1.29, 1.82) is 0 Å². The van der Waals surface area contributed by atoms with E-state index in [1.165, 1.54) is 0 Å². The lowest BCUT2D eigenvalue weighted by Gasteiger charge is -2.22. The van der Waals surface area contributed by atoms with Gasteiger partial charge in [0.1, 0.15) is 6.10 Å². The molecule has 1 unspecified atom stereocenters. The summed E-state index contributed by atoms with van der Waals surface area (Å²) in [7, 11) is 0. The van der Waals surface area contributed by atoms with Crippen LogP contribution in [0.3, 0.4) is 0 Å². The number of carbonyl (C=O) groups is 3. The Labute approximate surface area is 77.0 Å². The third-order valence-corrected chi connectivity index (χ3v) is 1.50. The standard InChI is InChI=1S/C6H8O8/c7-2(1-3(8)9)6(14,4(10)11)5(12)13/h2,7,14H,1H2,(H,8,9)(H,10,11)(H,12,13). The molecule has 0 aliphatic heterocycles. The van der Waals surface area contributed by atoms with Crippen LogP contribution in [-0.4, -0.2) is 55.1 Å². The van der Waals surface area contributed by atoms with Crippen LogP contribution in [-0.2, 0) is 14.4 Å². The third kappa shape index (κ3) is 2.18. The number of carboxylic acid groups (broad SMARTS) is 3. The van der Waals surface area contributed by atoms with Gasteiger partial charge in [-0.1, -0.05) is 0 Å². The van der Waals surface area contributed by atoms with Gasteiger partial charge in [0, 0.05) is 0 Å². The molecule has 0 bridgehead atoms. The SMILES string of the molecule is O=C(O)CC(O)C(O)(C(=O)O)C(=O)O. The minimum absolute atomic E-state index is 1.19. The van der Waals surface area contributed by atoms with E-state index >= 15 is 0 Å². The number of aliphatic hydroxyl groups excluding tert-OH is 1. The van der Waals surface area contributed by atoms with Crippen molar-refractivity contribution in [1.82, 2.24) is 0 Å². The lowest BCUT2D eigenvalue weighted by Crippen LogP contribution is -2.56. The Bertz CT molecular complexity index is 255. The molecular formula is C6H8O8. The van der Waals surface area contributed by atoms with Gasteiger partial charge in [0.25, 0.3) is 5.60 Å². The maximum atomic E-state index is 10.3. The number of aliphatic hydroxyl groups is 2. The van der Waals surface area contributed by atoms with Crippen molar-refractivity contribution in [3.05, 3.63) is 0 Å². The predicted molar refractivity (Wildman–Crippen MR) is 38.5 cm³/mol. The van der Waals surface area contributed by atoms with E-state index < -0.39 is 36.0 Å². The first-order valence-electron chi connectivity index (χ1n) is 3.32. The van der Waals surface area contributed by atoms with E-state index in [-0.39, 0.29) is 0 Å². The van der Waals surface area contributed by atoms with E-state index in [1.807, 2.05) is 0 Å². The summed E-state index contributed by atoms with van der Waals surface area (Å²) in [5.41, 5.74) is -3.50. The van der Waals surface area contributed by atoms with E-state index in [1.54, 1.807) is 0 Å². The number of aliphatic carboxylic acids is 3. The van der Waals surface area contributed by atoms with Gasteiger partial charge < -0.3 is 25.5 Å². The van der Waals surface area contributed by atoms with Crippen LogP contribution in [0.15, 0.2) is 0 Å². The first-order chi connectivity index (χ1) is 6.22. The smallest absolute Gasteiger partial charge is 0.350 e. The predicted octanol–water partition coefficient (Wildman–Crippen LogP) is -2.28. The van der Waals surface area contributed by atoms with E-state index in [0.29, 0.717) is 0 Å². The van der Waals surface area contributed by atoms with Gasteiger partial charge in [0.15, 0.2) is 0 Å². The Morgan fingerprint density at radius 1 is 1.07 bits per heavy atom. The summed E-state index contributed by atoms with van der Waals surface area (Å²) in [5, 5.41) is 42.6. The minimum Gasteiger partial charge on any atom is -0.481 e. The second-order valence-electron chi connectivity index (χ2n) is 2.49. The number of hydrogen-bond acceptors (Lipinski definition) is 5. The molecule has 0 saturated heterocycles. The van der Waals surface area contributed by atoms with Crippen molar-refractivity contribution < 1.29 is 39.9 Å². The molecule has 0 aromatic heterocycles. The highest BCUT2D eigenvalue weighted by molar-refractivity contribution is 6.02. The Morgan fingerprint density at radius 2 is 1.43 bits per heavy atom. The van der Waals surface area contributed by atoms with Gasteiger partial charge in [0.05, 0.1) is 6.42 Å². The topological polar surface area (TPSA) is 152 Å². The summed E-state index contributed by atoms with van der Waals surface area (Å²) < 4.78 is 0. The zero-order valence-corrected chi connectivity index (χ0v) is 6.75. The highest BCUT2D eigenvalue weighted by Gasteiger charge is 2.52. The van der Waals surface area contributed by atoms with Crippen LogP contribution in [0.2, 0.25) is 0 Å². The molecular weight excluding hydrogens is 200 g/mol. The van der Waals surface area contributed by atoms with E-state index in [0.717, 1.165) is 0 Å². The fourth-order valence-electron chi connectivity index (χ4n) is 0.690. The summed E-state index contributed by atoms with van der Waals surface area (Å²) in [6, 6.07) is 0. The fraction of sp³-hybridized carbons (Fsp3) is 0.500. The Kier molecular flexibility index (Phi) is 3.55. The summed E-state index contributed by atoms with van der Waals surface area (Å²) >= 11 is 0. The second-order valence-corrected chi connectivity index (χ2v) is 2.49. The monoisotopic (exact) mass is 208 g/mol. The number of hydrogen-bond donors (Lipinski definition) is 5. The average molecular weight is 208 g/mol. The first kappa shape index (κ1) is 12.3. The van der Waals surface area contributed by atoms with E-state index in [2.05, 4.69) is 0 Å². The Morgan fingerprint density at radius 3 is 1.64 bits per heavy atom. The molecule has 0 amide bonds. The lowest BCUT2D eigenvalue weighted by molar-refractivity contribution is -0.189. The maximum Gasteiger partial charge on any atom is 0.350 e. The molecule has 0 aliphatic rings. The zero-order chi connectivity index (χ0) is 11.5. The summed E-state index contributed by atoms with van der Waals surface area (Å²) in [5.74, 6) is -6.07. The van der Waals surface area contributed by atoms with E-state index in [9.17, 15) is 14.4 Å². The van der Waals surface area contributed by atoms with Gasteiger partial charge in [-0.25, -0.2) is 9.59 Å². The summed E-state index contributed by atoms with van der Waals surface area (Å²) in [6.45, 7) is 0. The summed E-state index contributed by atoms with van der Waals surface area (Å²) in [6.07, 6.45) is -3.61. The number of carboxylic acids is 3. The van der Waals surface area contributed by atoms with Crippen LogP contribution in [0.4, 0.5) is 0 Å². The van der Waals surface area contributed by atoms with Crippen LogP contribution in [0, 0.1) is 0 Å². The van der Waals surface area contributed by atoms with Crippen molar-refractivity contribution in [2.24, 2.45) is 0 Å². The Hall–Kier alpha value is -1.67. The van der Waals surface area contributed by atoms with Gasteiger partial charge in [-0.3, -0.25) is 4.79 Å².